The average Bonchev–Trinajstić information content (AvgIpc) is 2.52. The molecule has 4 nitrogen and oxygen atoms in total. The van der Waals surface area contributed by atoms with Gasteiger partial charge in [0.15, 0.2) is 5.82 Å². The molecule has 0 fully saturated rings. The summed E-state index contributed by atoms with van der Waals surface area (Å²) in [7, 11) is 1.78. The second-order valence-corrected chi connectivity index (χ2v) is 4.24. The van der Waals surface area contributed by atoms with E-state index in [4.69, 9.17) is 5.73 Å². The van der Waals surface area contributed by atoms with Crippen molar-refractivity contribution in [2.45, 2.75) is 6.92 Å². The molecular weight excluding hydrogens is 256 g/mol. The van der Waals surface area contributed by atoms with Gasteiger partial charge in [-0.05, 0) is 30.7 Å². The molecule has 1 aromatic heterocycles. The fourth-order valence-corrected chi connectivity index (χ4v) is 1.55. The number of halogens is 1. The Kier molecular flexibility index (Phi) is 2.48. The first-order valence-corrected chi connectivity index (χ1v) is 5.30. The van der Waals surface area contributed by atoms with Crippen LogP contribution in [0, 0.1) is 6.92 Å². The van der Waals surface area contributed by atoms with Crippen molar-refractivity contribution in [2.24, 2.45) is 7.05 Å². The number of nitrogen functional groups attached to an aromatic ring is 1. The molecule has 2 N–H and O–H groups in total. The van der Waals surface area contributed by atoms with Crippen LogP contribution in [-0.4, -0.2) is 14.8 Å². The van der Waals surface area contributed by atoms with Gasteiger partial charge in [-0.2, -0.15) is 4.98 Å². The standard InChI is InChI=1S/C10H11BrN4/c1-6-5-7(3-4-8(6)11)9-13-10(12)15(2)14-9/h3-5H,1-2H3,(H2,12,13,14). The van der Waals surface area contributed by atoms with Crippen molar-refractivity contribution in [1.29, 1.82) is 0 Å². The maximum absolute atomic E-state index is 5.63. The van der Waals surface area contributed by atoms with Gasteiger partial charge in [0.1, 0.15) is 0 Å². The molecule has 0 saturated heterocycles. The zero-order valence-electron chi connectivity index (χ0n) is 8.53. The molecule has 2 rings (SSSR count). The van der Waals surface area contributed by atoms with Gasteiger partial charge in [0.2, 0.25) is 5.95 Å². The van der Waals surface area contributed by atoms with Gasteiger partial charge >= 0.3 is 0 Å². The SMILES string of the molecule is Cc1cc(-c2nc(N)n(C)n2)ccc1Br. The topological polar surface area (TPSA) is 56.7 Å². The Balaban J connectivity index is 2.49. The minimum absolute atomic E-state index is 0.422. The van der Waals surface area contributed by atoms with Crippen LogP contribution < -0.4 is 5.73 Å². The monoisotopic (exact) mass is 266 g/mol. The van der Waals surface area contributed by atoms with Crippen molar-refractivity contribution in [3.63, 3.8) is 0 Å². The van der Waals surface area contributed by atoms with E-state index in [-0.39, 0.29) is 0 Å². The number of hydrogen-bond acceptors (Lipinski definition) is 3. The Bertz CT molecular complexity index is 485. The molecule has 5 heteroatoms. The Morgan fingerprint density at radius 2 is 2.13 bits per heavy atom. The third kappa shape index (κ3) is 1.87. The predicted molar refractivity (Wildman–Crippen MR) is 63.3 cm³/mol. The summed E-state index contributed by atoms with van der Waals surface area (Å²) in [5.74, 6) is 1.08. The molecule has 0 atom stereocenters. The van der Waals surface area contributed by atoms with Crippen LogP contribution in [0.1, 0.15) is 5.56 Å². The zero-order chi connectivity index (χ0) is 11.0. The number of anilines is 1. The largest absolute Gasteiger partial charge is 0.368 e. The van der Waals surface area contributed by atoms with Crippen LogP contribution in [0.25, 0.3) is 11.4 Å². The number of hydrogen-bond donors (Lipinski definition) is 1. The van der Waals surface area contributed by atoms with Crippen molar-refractivity contribution in [3.05, 3.63) is 28.2 Å². The summed E-state index contributed by atoms with van der Waals surface area (Å²) in [4.78, 5) is 4.17. The van der Waals surface area contributed by atoms with Gasteiger partial charge in [-0.15, -0.1) is 5.10 Å². The minimum Gasteiger partial charge on any atom is -0.368 e. The smallest absolute Gasteiger partial charge is 0.218 e. The highest BCUT2D eigenvalue weighted by Gasteiger charge is 2.07. The highest BCUT2D eigenvalue weighted by molar-refractivity contribution is 9.10. The number of nitrogens with zero attached hydrogens (tertiary/aromatic N) is 3. The van der Waals surface area contributed by atoms with Crippen LogP contribution in [-0.2, 0) is 7.05 Å². The van der Waals surface area contributed by atoms with Crippen LogP contribution in [0.3, 0.4) is 0 Å². The summed E-state index contributed by atoms with van der Waals surface area (Å²) >= 11 is 3.45. The third-order valence-corrected chi connectivity index (χ3v) is 3.10. The lowest BCUT2D eigenvalue weighted by atomic mass is 10.1. The van der Waals surface area contributed by atoms with E-state index in [1.54, 1.807) is 11.7 Å². The van der Waals surface area contributed by atoms with E-state index in [0.717, 1.165) is 15.6 Å². The molecular formula is C10H11BrN4. The zero-order valence-corrected chi connectivity index (χ0v) is 10.1. The summed E-state index contributed by atoms with van der Waals surface area (Å²) in [6.07, 6.45) is 0. The average molecular weight is 267 g/mol. The molecule has 0 aliphatic carbocycles. The second-order valence-electron chi connectivity index (χ2n) is 3.38. The number of rotatable bonds is 1. The lowest BCUT2D eigenvalue weighted by molar-refractivity contribution is 0.781. The van der Waals surface area contributed by atoms with Crippen LogP contribution >= 0.6 is 15.9 Å². The van der Waals surface area contributed by atoms with E-state index < -0.39 is 0 Å². The Morgan fingerprint density at radius 3 is 2.67 bits per heavy atom. The fourth-order valence-electron chi connectivity index (χ4n) is 1.30. The number of benzene rings is 1. The van der Waals surface area contributed by atoms with E-state index in [1.165, 1.54) is 0 Å². The quantitative estimate of drug-likeness (QED) is 0.861. The van der Waals surface area contributed by atoms with Gasteiger partial charge in [0.25, 0.3) is 0 Å². The van der Waals surface area contributed by atoms with Crippen molar-refractivity contribution >= 4 is 21.9 Å². The minimum atomic E-state index is 0.422. The molecule has 15 heavy (non-hydrogen) atoms. The van der Waals surface area contributed by atoms with Crippen LogP contribution in [0.2, 0.25) is 0 Å². The molecule has 0 bridgehead atoms. The first-order valence-electron chi connectivity index (χ1n) is 4.51. The molecule has 78 valence electrons. The summed E-state index contributed by atoms with van der Waals surface area (Å²) in [5.41, 5.74) is 7.75. The highest BCUT2D eigenvalue weighted by atomic mass is 79.9. The number of nitrogens with two attached hydrogens (primary N) is 1. The summed E-state index contributed by atoms with van der Waals surface area (Å²) in [6, 6.07) is 5.97. The van der Waals surface area contributed by atoms with E-state index in [1.807, 2.05) is 25.1 Å². The molecule has 0 aliphatic rings. The summed E-state index contributed by atoms with van der Waals surface area (Å²) < 4.78 is 2.64. The fraction of sp³-hybridized carbons (Fsp3) is 0.200. The molecule has 1 aromatic carbocycles. The van der Waals surface area contributed by atoms with Gasteiger partial charge in [-0.25, -0.2) is 4.68 Å². The Labute approximate surface area is 96.3 Å². The van der Waals surface area contributed by atoms with Gasteiger partial charge < -0.3 is 5.73 Å². The predicted octanol–water partition coefficient (Wildman–Crippen LogP) is 2.14. The van der Waals surface area contributed by atoms with Crippen molar-refractivity contribution in [1.82, 2.24) is 14.8 Å². The maximum atomic E-state index is 5.63. The van der Waals surface area contributed by atoms with Crippen LogP contribution in [0.4, 0.5) is 5.95 Å². The maximum Gasteiger partial charge on any atom is 0.218 e. The second kappa shape index (κ2) is 3.66. The number of aryl methyl sites for hydroxylation is 2. The van der Waals surface area contributed by atoms with E-state index in [2.05, 4.69) is 26.0 Å². The lowest BCUT2D eigenvalue weighted by Gasteiger charge is -1.99. The molecule has 0 aliphatic heterocycles. The molecule has 0 unspecified atom stereocenters. The van der Waals surface area contributed by atoms with E-state index >= 15 is 0 Å². The van der Waals surface area contributed by atoms with Crippen LogP contribution in [0.15, 0.2) is 22.7 Å². The summed E-state index contributed by atoms with van der Waals surface area (Å²) in [5, 5.41) is 4.22. The molecule has 0 saturated carbocycles. The summed E-state index contributed by atoms with van der Waals surface area (Å²) in [6.45, 7) is 2.03. The highest BCUT2D eigenvalue weighted by Crippen LogP contribution is 2.23. The van der Waals surface area contributed by atoms with Crippen molar-refractivity contribution in [2.75, 3.05) is 5.73 Å². The number of aromatic nitrogens is 3. The van der Waals surface area contributed by atoms with Gasteiger partial charge in [-0.3, -0.25) is 0 Å². The van der Waals surface area contributed by atoms with E-state index in [9.17, 15) is 0 Å². The molecule has 0 amide bonds. The first-order chi connectivity index (χ1) is 7.08. The third-order valence-electron chi connectivity index (χ3n) is 2.21. The van der Waals surface area contributed by atoms with Crippen molar-refractivity contribution < 1.29 is 0 Å². The molecule has 2 aromatic rings. The Hall–Kier alpha value is -1.36. The van der Waals surface area contributed by atoms with Crippen molar-refractivity contribution in [3.8, 4) is 11.4 Å². The van der Waals surface area contributed by atoms with E-state index in [0.29, 0.717) is 11.8 Å². The molecule has 0 radical (unpaired) electrons. The Morgan fingerprint density at radius 1 is 1.40 bits per heavy atom. The van der Waals surface area contributed by atoms with Crippen LogP contribution in [0.5, 0.6) is 0 Å². The van der Waals surface area contributed by atoms with Gasteiger partial charge in [0.05, 0.1) is 0 Å². The normalized spacial score (nSPS) is 10.6. The first kappa shape index (κ1) is 10.2. The van der Waals surface area contributed by atoms with Gasteiger partial charge in [0, 0.05) is 17.1 Å². The lowest BCUT2D eigenvalue weighted by Crippen LogP contribution is -1.97. The molecule has 1 heterocycles. The van der Waals surface area contributed by atoms with Gasteiger partial charge in [-0.1, -0.05) is 15.9 Å². The molecule has 0 spiro atoms.